The molecule has 9 heteroatoms. The Balaban J connectivity index is 1.53. The van der Waals surface area contributed by atoms with Crippen molar-refractivity contribution in [2.24, 2.45) is 5.73 Å². The van der Waals surface area contributed by atoms with Crippen molar-refractivity contribution in [3.05, 3.63) is 83.6 Å². The molecule has 4 rings (SSSR count). The fraction of sp³-hybridized carbons (Fsp3) is 0.0833. The van der Waals surface area contributed by atoms with Crippen molar-refractivity contribution in [2.75, 3.05) is 13.1 Å². The molecular formula is C24H18N4O5. The zero-order chi connectivity index (χ0) is 23.4. The summed E-state index contributed by atoms with van der Waals surface area (Å²) in [6.45, 7) is 0.454. The van der Waals surface area contributed by atoms with Crippen molar-refractivity contribution in [3.63, 3.8) is 0 Å². The second-order valence-corrected chi connectivity index (χ2v) is 7.12. The Labute approximate surface area is 188 Å². The van der Waals surface area contributed by atoms with E-state index in [4.69, 9.17) is 25.6 Å². The highest BCUT2D eigenvalue weighted by atomic mass is 16.5. The van der Waals surface area contributed by atoms with E-state index >= 15 is 0 Å². The number of pyridine rings is 1. The monoisotopic (exact) mass is 442 g/mol. The van der Waals surface area contributed by atoms with Gasteiger partial charge in [-0.05, 0) is 60.2 Å². The Morgan fingerprint density at radius 2 is 1.76 bits per heavy atom. The molecule has 3 aromatic rings. The molecule has 1 aromatic heterocycles. The molecule has 33 heavy (non-hydrogen) atoms. The molecule has 2 amide bonds. The standard InChI is InChI=1S/C24H18N4O5/c25-13-15-2-1-3-19(12-15)32-17-4-6-18(7-5-17)33-23-20(22(26)29)8-9-21(27-23)16-10-11-28(14-16)24(30)31/h1-10,12H,11,14H2,(H2,26,29)(H,30,31). The molecule has 0 saturated heterocycles. The number of nitrogens with zero attached hydrogens (tertiary/aromatic N) is 3. The van der Waals surface area contributed by atoms with Crippen LogP contribution in [-0.4, -0.2) is 40.1 Å². The van der Waals surface area contributed by atoms with Crippen LogP contribution in [0.15, 0.2) is 66.7 Å². The topological polar surface area (TPSA) is 139 Å². The number of benzene rings is 2. The lowest BCUT2D eigenvalue weighted by Gasteiger charge is -2.13. The fourth-order valence-electron chi connectivity index (χ4n) is 3.22. The third-order valence-electron chi connectivity index (χ3n) is 4.88. The van der Waals surface area contributed by atoms with E-state index in [2.05, 4.69) is 11.1 Å². The maximum absolute atomic E-state index is 11.9. The lowest BCUT2D eigenvalue weighted by atomic mass is 10.1. The number of hydrogen-bond acceptors (Lipinski definition) is 6. The van der Waals surface area contributed by atoms with Crippen molar-refractivity contribution >= 4 is 17.6 Å². The lowest BCUT2D eigenvalue weighted by Crippen LogP contribution is -2.26. The van der Waals surface area contributed by atoms with Gasteiger partial charge in [-0.25, -0.2) is 9.78 Å². The first-order chi connectivity index (χ1) is 15.9. The van der Waals surface area contributed by atoms with Gasteiger partial charge in [0.2, 0.25) is 5.88 Å². The molecular weight excluding hydrogens is 424 g/mol. The number of primary amides is 1. The minimum absolute atomic E-state index is 0.0186. The molecule has 9 nitrogen and oxygen atoms in total. The van der Waals surface area contributed by atoms with Crippen LogP contribution >= 0.6 is 0 Å². The highest BCUT2D eigenvalue weighted by Gasteiger charge is 2.22. The molecule has 0 spiro atoms. The van der Waals surface area contributed by atoms with Crippen LogP contribution in [0.4, 0.5) is 4.79 Å². The van der Waals surface area contributed by atoms with E-state index in [0.717, 1.165) is 0 Å². The molecule has 0 saturated carbocycles. The fourth-order valence-corrected chi connectivity index (χ4v) is 3.22. The van der Waals surface area contributed by atoms with Gasteiger partial charge < -0.3 is 25.2 Å². The van der Waals surface area contributed by atoms with Gasteiger partial charge in [-0.2, -0.15) is 5.26 Å². The molecule has 1 aliphatic rings. The molecule has 2 aromatic carbocycles. The van der Waals surface area contributed by atoms with Crippen LogP contribution in [0.5, 0.6) is 23.1 Å². The zero-order valence-corrected chi connectivity index (χ0v) is 17.3. The predicted octanol–water partition coefficient (Wildman–Crippen LogP) is 4.01. The smallest absolute Gasteiger partial charge is 0.407 e. The van der Waals surface area contributed by atoms with Crippen molar-refractivity contribution in [1.29, 1.82) is 5.26 Å². The van der Waals surface area contributed by atoms with Gasteiger partial charge in [0.05, 0.1) is 23.9 Å². The van der Waals surface area contributed by atoms with Crippen LogP contribution < -0.4 is 15.2 Å². The van der Waals surface area contributed by atoms with Gasteiger partial charge in [0.1, 0.15) is 22.8 Å². The van der Waals surface area contributed by atoms with E-state index in [1.54, 1.807) is 60.7 Å². The normalized spacial score (nSPS) is 12.6. The summed E-state index contributed by atoms with van der Waals surface area (Å²) < 4.78 is 11.6. The van der Waals surface area contributed by atoms with E-state index in [9.17, 15) is 9.59 Å². The van der Waals surface area contributed by atoms with E-state index in [1.165, 1.54) is 11.0 Å². The maximum Gasteiger partial charge on any atom is 0.407 e. The first-order valence-corrected chi connectivity index (χ1v) is 9.87. The number of nitriles is 1. The van der Waals surface area contributed by atoms with Crippen LogP contribution in [0.1, 0.15) is 21.6 Å². The molecule has 0 radical (unpaired) electrons. The van der Waals surface area contributed by atoms with Crippen LogP contribution in [0.2, 0.25) is 0 Å². The van der Waals surface area contributed by atoms with Crippen LogP contribution in [0, 0.1) is 11.3 Å². The first kappa shape index (κ1) is 21.4. The van der Waals surface area contributed by atoms with E-state index in [-0.39, 0.29) is 24.5 Å². The average molecular weight is 442 g/mol. The summed E-state index contributed by atoms with van der Waals surface area (Å²) in [5, 5.41) is 18.1. The number of carbonyl (C=O) groups is 2. The number of carbonyl (C=O) groups excluding carboxylic acids is 1. The summed E-state index contributed by atoms with van der Waals surface area (Å²) in [7, 11) is 0. The van der Waals surface area contributed by atoms with Crippen molar-refractivity contribution in [3.8, 4) is 29.2 Å². The molecule has 1 aliphatic heterocycles. The van der Waals surface area contributed by atoms with Crippen molar-refractivity contribution in [2.45, 2.75) is 0 Å². The lowest BCUT2D eigenvalue weighted by molar-refractivity contribution is 0.0997. The van der Waals surface area contributed by atoms with Crippen LogP contribution in [0.25, 0.3) is 5.57 Å². The quantitative estimate of drug-likeness (QED) is 0.588. The molecule has 3 N–H and O–H groups in total. The summed E-state index contributed by atoms with van der Waals surface area (Å²) in [5.41, 5.74) is 7.26. The molecule has 0 aliphatic carbocycles. The van der Waals surface area contributed by atoms with Crippen molar-refractivity contribution < 1.29 is 24.2 Å². The number of nitrogens with two attached hydrogens (primary N) is 1. The summed E-state index contributed by atoms with van der Waals surface area (Å²) in [6.07, 6.45) is 0.741. The van der Waals surface area contributed by atoms with Gasteiger partial charge in [-0.3, -0.25) is 4.79 Å². The molecule has 0 unspecified atom stereocenters. The Morgan fingerprint density at radius 1 is 1.03 bits per heavy atom. The van der Waals surface area contributed by atoms with Crippen molar-refractivity contribution in [1.82, 2.24) is 9.88 Å². The van der Waals surface area contributed by atoms with E-state index in [1.807, 2.05) is 0 Å². The Morgan fingerprint density at radius 3 is 2.39 bits per heavy atom. The maximum atomic E-state index is 11.9. The van der Waals surface area contributed by atoms with Gasteiger partial charge in [-0.15, -0.1) is 0 Å². The number of carboxylic acid groups (broad SMARTS) is 1. The highest BCUT2D eigenvalue weighted by Crippen LogP contribution is 2.30. The third kappa shape index (κ3) is 4.91. The van der Waals surface area contributed by atoms with Gasteiger partial charge >= 0.3 is 6.09 Å². The zero-order valence-electron chi connectivity index (χ0n) is 17.3. The molecule has 164 valence electrons. The number of rotatable bonds is 6. The van der Waals surface area contributed by atoms with Gasteiger partial charge in [-0.1, -0.05) is 12.1 Å². The summed E-state index contributed by atoms with van der Waals surface area (Å²) in [6, 6.07) is 18.6. The average Bonchev–Trinajstić information content (AvgIpc) is 3.31. The molecule has 2 heterocycles. The van der Waals surface area contributed by atoms with Crippen LogP contribution in [0.3, 0.4) is 0 Å². The number of aromatic nitrogens is 1. The van der Waals surface area contributed by atoms with E-state index < -0.39 is 12.0 Å². The predicted molar refractivity (Wildman–Crippen MR) is 118 cm³/mol. The molecule has 0 fully saturated rings. The summed E-state index contributed by atoms with van der Waals surface area (Å²) >= 11 is 0. The Hall–Kier alpha value is -4.84. The second-order valence-electron chi connectivity index (χ2n) is 7.12. The minimum Gasteiger partial charge on any atom is -0.465 e. The number of hydrogen-bond donors (Lipinski definition) is 2. The number of ether oxygens (including phenoxy) is 2. The first-order valence-electron chi connectivity index (χ1n) is 9.87. The number of amides is 2. The van der Waals surface area contributed by atoms with Gasteiger partial charge in [0.15, 0.2) is 0 Å². The second kappa shape index (κ2) is 9.11. The Bertz CT molecular complexity index is 1290. The van der Waals surface area contributed by atoms with E-state index in [0.29, 0.717) is 34.1 Å². The van der Waals surface area contributed by atoms with Gasteiger partial charge in [0, 0.05) is 6.54 Å². The third-order valence-corrected chi connectivity index (χ3v) is 4.88. The van der Waals surface area contributed by atoms with Gasteiger partial charge in [0.25, 0.3) is 5.91 Å². The SMILES string of the molecule is N#Cc1cccc(Oc2ccc(Oc3nc(C4=CCN(C(=O)O)C4)ccc3C(N)=O)cc2)c1. The minimum atomic E-state index is -1.02. The summed E-state index contributed by atoms with van der Waals surface area (Å²) in [4.78, 5) is 28.7. The summed E-state index contributed by atoms with van der Waals surface area (Å²) in [5.74, 6) is 0.763. The molecule has 0 bridgehead atoms. The largest absolute Gasteiger partial charge is 0.465 e. The Kier molecular flexibility index (Phi) is 5.91. The highest BCUT2D eigenvalue weighted by molar-refractivity contribution is 5.95. The molecule has 0 atom stereocenters. The van der Waals surface area contributed by atoms with Crippen LogP contribution in [-0.2, 0) is 0 Å².